The summed E-state index contributed by atoms with van der Waals surface area (Å²) in [5, 5.41) is 17.2. The van der Waals surface area contributed by atoms with E-state index in [1.807, 2.05) is 18.2 Å². The van der Waals surface area contributed by atoms with Crippen LogP contribution in [0, 0.1) is 5.41 Å². The molecule has 0 bridgehead atoms. The number of hydrogen-bond donors (Lipinski definition) is 5. The topological polar surface area (TPSA) is 167 Å². The molecule has 4 aromatic rings. The predicted octanol–water partition coefficient (Wildman–Crippen LogP) is 3.28. The van der Waals surface area contributed by atoms with Crippen LogP contribution in [0.5, 0.6) is 0 Å². The number of nitrogens with one attached hydrogen (secondary N) is 3. The van der Waals surface area contributed by atoms with Gasteiger partial charge in [-0.05, 0) is 41.3 Å². The van der Waals surface area contributed by atoms with Crippen molar-refractivity contribution in [1.29, 1.82) is 5.41 Å². The molecule has 0 saturated heterocycles. The van der Waals surface area contributed by atoms with Crippen molar-refractivity contribution in [2.75, 3.05) is 5.32 Å². The fourth-order valence-electron chi connectivity index (χ4n) is 3.66. The molecule has 0 amide bonds. The van der Waals surface area contributed by atoms with Gasteiger partial charge in [-0.1, -0.05) is 36.4 Å². The number of hydrogen-bond acceptors (Lipinski definition) is 6. The van der Waals surface area contributed by atoms with E-state index in [4.69, 9.17) is 16.3 Å². The molecule has 0 radical (unpaired) electrons. The number of rotatable bonds is 8. The Morgan fingerprint density at radius 1 is 1.09 bits per heavy atom. The van der Waals surface area contributed by atoms with Gasteiger partial charge >= 0.3 is 0 Å². The number of aromatic amines is 1. The number of aldehydes is 1. The number of nitrogen functional groups attached to an aromatic ring is 1. The van der Waals surface area contributed by atoms with Crippen molar-refractivity contribution in [3.8, 4) is 11.1 Å². The molecule has 0 aliphatic carbocycles. The molecule has 0 saturated carbocycles. The van der Waals surface area contributed by atoms with Gasteiger partial charge < -0.3 is 16.0 Å². The van der Waals surface area contributed by atoms with Gasteiger partial charge in [-0.25, -0.2) is 13.6 Å². The molecular weight excluding hydrogens is 452 g/mol. The van der Waals surface area contributed by atoms with Gasteiger partial charge in [-0.3, -0.25) is 15.2 Å². The van der Waals surface area contributed by atoms with E-state index in [-0.39, 0.29) is 10.7 Å². The number of nitrogens with zero attached hydrogens (tertiary/aromatic N) is 1. The van der Waals surface area contributed by atoms with Gasteiger partial charge in [0.05, 0.1) is 29.0 Å². The molecule has 1 heterocycles. The molecule has 0 spiro atoms. The van der Waals surface area contributed by atoms with Crippen LogP contribution in [0.4, 0.5) is 11.4 Å². The summed E-state index contributed by atoms with van der Waals surface area (Å²) in [6, 6.07) is 19.1. The molecular formula is C24H22N6O3S. The molecule has 0 aliphatic heterocycles. The number of primary sulfonamides is 1. The Labute approximate surface area is 196 Å². The third kappa shape index (κ3) is 4.87. The lowest BCUT2D eigenvalue weighted by Crippen LogP contribution is -2.13. The zero-order chi connectivity index (χ0) is 24.3. The summed E-state index contributed by atoms with van der Waals surface area (Å²) in [6.07, 6.45) is 1.70. The molecule has 4 rings (SSSR count). The fraction of sp³-hybridized carbons (Fsp3) is 0.0417. The lowest BCUT2D eigenvalue weighted by molar-refractivity contribution is -0.102. The number of aliphatic imine (C=N–C) groups is 1. The number of H-pyrrole nitrogens is 1. The van der Waals surface area contributed by atoms with Crippen LogP contribution in [0.15, 0.2) is 76.6 Å². The normalized spacial score (nSPS) is 11.7. The van der Waals surface area contributed by atoms with E-state index < -0.39 is 10.0 Å². The first-order valence-electron chi connectivity index (χ1n) is 10.2. The molecule has 10 heteroatoms. The fourth-order valence-corrected chi connectivity index (χ4v) is 4.42. The van der Waals surface area contributed by atoms with E-state index in [0.29, 0.717) is 40.9 Å². The number of carbonyl (C=O) groups is 1. The van der Waals surface area contributed by atoms with Crippen LogP contribution in [0.25, 0.3) is 22.0 Å². The highest BCUT2D eigenvalue weighted by Gasteiger charge is 2.16. The first-order valence-corrected chi connectivity index (χ1v) is 11.7. The molecule has 0 aliphatic rings. The molecule has 1 aromatic heterocycles. The van der Waals surface area contributed by atoms with Crippen molar-refractivity contribution in [3.05, 3.63) is 78.0 Å². The zero-order valence-electron chi connectivity index (χ0n) is 17.9. The number of aromatic nitrogens is 1. The minimum atomic E-state index is -3.92. The van der Waals surface area contributed by atoms with Crippen molar-refractivity contribution < 1.29 is 13.2 Å². The molecule has 34 heavy (non-hydrogen) atoms. The Kier molecular flexibility index (Phi) is 6.26. The highest BCUT2D eigenvalue weighted by atomic mass is 32.2. The van der Waals surface area contributed by atoms with E-state index in [1.54, 1.807) is 42.5 Å². The summed E-state index contributed by atoms with van der Waals surface area (Å²) in [6.45, 7) is 0.431. The van der Waals surface area contributed by atoms with Gasteiger partial charge in [0.25, 0.3) is 0 Å². The second-order valence-electron chi connectivity index (χ2n) is 7.55. The largest absolute Gasteiger partial charge is 0.384 e. The summed E-state index contributed by atoms with van der Waals surface area (Å²) < 4.78 is 24.0. The Morgan fingerprint density at radius 3 is 2.62 bits per heavy atom. The molecule has 0 unspecified atom stereocenters. The minimum Gasteiger partial charge on any atom is -0.384 e. The minimum absolute atomic E-state index is 0.00189. The van der Waals surface area contributed by atoms with Crippen molar-refractivity contribution in [1.82, 2.24) is 4.98 Å². The molecule has 0 fully saturated rings. The third-order valence-corrected chi connectivity index (χ3v) is 6.20. The number of benzene rings is 3. The Hall–Kier alpha value is -4.28. The smallest absolute Gasteiger partial charge is 0.238 e. The third-order valence-electron chi connectivity index (χ3n) is 5.24. The highest BCUT2D eigenvalue weighted by molar-refractivity contribution is 7.89. The maximum atomic E-state index is 12.0. The van der Waals surface area contributed by atoms with Crippen LogP contribution in [0.2, 0.25) is 0 Å². The summed E-state index contributed by atoms with van der Waals surface area (Å²) in [7, 11) is -3.92. The van der Waals surface area contributed by atoms with Crippen molar-refractivity contribution in [2.45, 2.75) is 11.4 Å². The van der Waals surface area contributed by atoms with E-state index in [2.05, 4.69) is 15.3 Å². The number of fused-ring (bicyclic) bond motifs is 1. The van der Waals surface area contributed by atoms with Crippen LogP contribution in [0.3, 0.4) is 0 Å². The standard InChI is InChI=1S/C24H22N6O3S/c25-24(26)17-6-5-16-11-18(30-21(16)13-17)14-29-20-8-7-15(12-22(20)28-9-10-31)19-3-1-2-4-23(19)34(27,32)33/h1-13,29-30H,14H2,(H3,25,26)(H2,27,32,33). The Bertz CT molecular complexity index is 1540. The maximum absolute atomic E-state index is 12.0. The molecule has 9 nitrogen and oxygen atoms in total. The number of anilines is 1. The number of carbonyl (C=O) groups excluding carboxylic acids is 1. The number of amidine groups is 1. The first-order chi connectivity index (χ1) is 16.3. The second kappa shape index (κ2) is 9.30. The van der Waals surface area contributed by atoms with Crippen LogP contribution in [0.1, 0.15) is 11.3 Å². The molecule has 3 aromatic carbocycles. The Balaban J connectivity index is 1.65. The van der Waals surface area contributed by atoms with Gasteiger partial charge in [-0.15, -0.1) is 0 Å². The lowest BCUT2D eigenvalue weighted by Gasteiger charge is -2.12. The van der Waals surface area contributed by atoms with Gasteiger partial charge in [0, 0.05) is 22.3 Å². The highest BCUT2D eigenvalue weighted by Crippen LogP contribution is 2.34. The number of sulfonamides is 1. The predicted molar refractivity (Wildman–Crippen MR) is 134 cm³/mol. The maximum Gasteiger partial charge on any atom is 0.238 e. The second-order valence-corrected chi connectivity index (χ2v) is 9.08. The summed E-state index contributed by atoms with van der Waals surface area (Å²) >= 11 is 0. The lowest BCUT2D eigenvalue weighted by atomic mass is 10.0. The van der Waals surface area contributed by atoms with Crippen molar-refractivity contribution in [2.24, 2.45) is 15.9 Å². The summed E-state index contributed by atoms with van der Waals surface area (Å²) in [4.78, 5) is 18.4. The Morgan fingerprint density at radius 2 is 1.88 bits per heavy atom. The van der Waals surface area contributed by atoms with Crippen molar-refractivity contribution >= 4 is 50.6 Å². The molecule has 7 N–H and O–H groups in total. The van der Waals surface area contributed by atoms with Crippen molar-refractivity contribution in [3.63, 3.8) is 0 Å². The van der Waals surface area contributed by atoms with Crippen LogP contribution >= 0.6 is 0 Å². The van der Waals surface area contributed by atoms with Crippen LogP contribution in [-0.2, 0) is 21.4 Å². The quantitative estimate of drug-likeness (QED) is 0.150. The molecule has 0 atom stereocenters. The average Bonchev–Trinajstić information content (AvgIpc) is 3.23. The summed E-state index contributed by atoms with van der Waals surface area (Å²) in [5.74, 6) is -0.00189. The zero-order valence-corrected chi connectivity index (χ0v) is 18.8. The van der Waals surface area contributed by atoms with Gasteiger partial charge in [-0.2, -0.15) is 0 Å². The van der Waals surface area contributed by atoms with Crippen LogP contribution in [-0.4, -0.2) is 31.7 Å². The van der Waals surface area contributed by atoms with E-state index in [0.717, 1.165) is 22.8 Å². The van der Waals surface area contributed by atoms with Gasteiger partial charge in [0.1, 0.15) is 5.84 Å². The SMILES string of the molecule is N=C(N)c1ccc2cc(CNc3ccc(-c4ccccc4S(N)(=O)=O)cc3N=CC=O)[nH]c2c1. The molecule has 172 valence electrons. The van der Waals surface area contributed by atoms with Gasteiger partial charge in [0.15, 0.2) is 6.29 Å². The number of nitrogens with two attached hydrogens (primary N) is 2. The van der Waals surface area contributed by atoms with E-state index >= 15 is 0 Å². The average molecular weight is 475 g/mol. The van der Waals surface area contributed by atoms with E-state index in [1.165, 1.54) is 6.07 Å². The summed E-state index contributed by atoms with van der Waals surface area (Å²) in [5.41, 5.74) is 10.1. The van der Waals surface area contributed by atoms with E-state index in [9.17, 15) is 13.2 Å². The monoisotopic (exact) mass is 474 g/mol. The van der Waals surface area contributed by atoms with Crippen LogP contribution < -0.4 is 16.2 Å². The first kappa shape index (κ1) is 22.9. The van der Waals surface area contributed by atoms with Gasteiger partial charge in [0.2, 0.25) is 10.0 Å².